The third-order valence-electron chi connectivity index (χ3n) is 3.42. The van der Waals surface area contributed by atoms with Gasteiger partial charge in [-0.1, -0.05) is 72.8 Å². The fourth-order valence-electron chi connectivity index (χ4n) is 1.72. The molecule has 1 atom stereocenters. The van der Waals surface area contributed by atoms with Gasteiger partial charge in [0.25, 0.3) is 0 Å². The van der Waals surface area contributed by atoms with E-state index in [2.05, 4.69) is 77.2 Å². The molecule has 0 saturated heterocycles. The van der Waals surface area contributed by atoms with E-state index in [4.69, 9.17) is 0 Å². The van der Waals surface area contributed by atoms with Crippen molar-refractivity contribution in [1.29, 1.82) is 0 Å². The van der Waals surface area contributed by atoms with E-state index in [-0.39, 0.29) is 0 Å². The molecular formula is C20H30. The van der Waals surface area contributed by atoms with Gasteiger partial charge in [-0.2, -0.15) is 0 Å². The standard InChI is InChI=1S/C20H30/c1-7-10-11-12-13-17(4)16-20(9-3)15-14-19(6)18(5)8-2/h7-15,19H,16H2,1-6H3. The van der Waals surface area contributed by atoms with Crippen LogP contribution in [0.5, 0.6) is 0 Å². The summed E-state index contributed by atoms with van der Waals surface area (Å²) in [6.07, 6.45) is 20.3. The van der Waals surface area contributed by atoms with Crippen molar-refractivity contribution in [2.24, 2.45) is 5.92 Å². The molecule has 0 aliphatic heterocycles. The van der Waals surface area contributed by atoms with Gasteiger partial charge in [-0.15, -0.1) is 0 Å². The molecule has 0 bridgehead atoms. The summed E-state index contributed by atoms with van der Waals surface area (Å²) < 4.78 is 0. The molecule has 0 radical (unpaired) electrons. The fourth-order valence-corrected chi connectivity index (χ4v) is 1.72. The molecule has 0 aliphatic rings. The number of hydrogen-bond acceptors (Lipinski definition) is 0. The summed E-state index contributed by atoms with van der Waals surface area (Å²) in [6.45, 7) is 12.8. The van der Waals surface area contributed by atoms with E-state index in [1.807, 2.05) is 19.1 Å². The van der Waals surface area contributed by atoms with Crippen molar-refractivity contribution in [3.05, 3.63) is 71.4 Å². The first-order valence-electron chi connectivity index (χ1n) is 7.46. The van der Waals surface area contributed by atoms with E-state index < -0.39 is 0 Å². The Hall–Kier alpha value is -1.56. The van der Waals surface area contributed by atoms with Gasteiger partial charge in [0.1, 0.15) is 0 Å². The maximum atomic E-state index is 2.29. The van der Waals surface area contributed by atoms with Crippen LogP contribution >= 0.6 is 0 Å². The predicted molar refractivity (Wildman–Crippen MR) is 93.8 cm³/mol. The molecule has 0 aromatic heterocycles. The lowest BCUT2D eigenvalue weighted by Crippen LogP contribution is -1.91. The summed E-state index contributed by atoms with van der Waals surface area (Å²) in [6, 6.07) is 0. The number of rotatable bonds is 7. The molecule has 0 nitrogen and oxygen atoms in total. The molecule has 0 aromatic rings. The Bertz CT molecular complexity index is 437. The van der Waals surface area contributed by atoms with Gasteiger partial charge in [0.2, 0.25) is 0 Å². The van der Waals surface area contributed by atoms with E-state index in [0.717, 1.165) is 6.42 Å². The average molecular weight is 270 g/mol. The van der Waals surface area contributed by atoms with Gasteiger partial charge in [-0.25, -0.2) is 0 Å². The SMILES string of the molecule is CC=CC=CC=C(C)CC(C=CC(C)C(C)=CC)=CC. The second-order valence-corrected chi connectivity index (χ2v) is 5.14. The molecule has 0 saturated carbocycles. The fraction of sp³-hybridized carbons (Fsp3) is 0.400. The third kappa shape index (κ3) is 8.53. The summed E-state index contributed by atoms with van der Waals surface area (Å²) >= 11 is 0. The monoisotopic (exact) mass is 270 g/mol. The van der Waals surface area contributed by atoms with Crippen LogP contribution in [-0.4, -0.2) is 0 Å². The first-order valence-corrected chi connectivity index (χ1v) is 7.46. The molecule has 110 valence electrons. The molecule has 0 fully saturated rings. The van der Waals surface area contributed by atoms with E-state index in [1.165, 1.54) is 16.7 Å². The Balaban J connectivity index is 4.61. The Labute approximate surface area is 126 Å². The van der Waals surface area contributed by atoms with Gasteiger partial charge < -0.3 is 0 Å². The lowest BCUT2D eigenvalue weighted by Gasteiger charge is -2.07. The summed E-state index contributed by atoms with van der Waals surface area (Å²) in [5, 5.41) is 0. The van der Waals surface area contributed by atoms with Gasteiger partial charge in [0, 0.05) is 0 Å². The van der Waals surface area contributed by atoms with E-state index in [0.29, 0.717) is 5.92 Å². The lowest BCUT2D eigenvalue weighted by atomic mass is 9.99. The van der Waals surface area contributed by atoms with Crippen LogP contribution in [0, 0.1) is 5.92 Å². The van der Waals surface area contributed by atoms with Crippen LogP contribution in [0.4, 0.5) is 0 Å². The van der Waals surface area contributed by atoms with Gasteiger partial charge in [0.05, 0.1) is 0 Å². The summed E-state index contributed by atoms with van der Waals surface area (Å²) in [4.78, 5) is 0. The topological polar surface area (TPSA) is 0 Å². The normalized spacial score (nSPS) is 16.8. The Morgan fingerprint density at radius 3 is 2.20 bits per heavy atom. The molecule has 0 aliphatic carbocycles. The van der Waals surface area contributed by atoms with Crippen LogP contribution in [0.1, 0.15) is 48.0 Å². The number of hydrogen-bond donors (Lipinski definition) is 0. The minimum atomic E-state index is 0.508. The summed E-state index contributed by atoms with van der Waals surface area (Å²) in [5.41, 5.74) is 4.16. The first kappa shape index (κ1) is 18.4. The van der Waals surface area contributed by atoms with E-state index >= 15 is 0 Å². The van der Waals surface area contributed by atoms with Crippen LogP contribution < -0.4 is 0 Å². The maximum absolute atomic E-state index is 2.29. The second kappa shape index (κ2) is 11.3. The highest BCUT2D eigenvalue weighted by Gasteiger charge is 1.99. The minimum absolute atomic E-state index is 0.508. The molecule has 0 rings (SSSR count). The smallest absolute Gasteiger partial charge is 0.00513 e. The molecule has 1 unspecified atom stereocenters. The highest BCUT2D eigenvalue weighted by molar-refractivity contribution is 5.28. The zero-order chi connectivity index (χ0) is 15.4. The molecular weight excluding hydrogens is 240 g/mol. The van der Waals surface area contributed by atoms with Gasteiger partial charge in [-0.05, 0) is 52.5 Å². The van der Waals surface area contributed by atoms with Crippen molar-refractivity contribution in [3.8, 4) is 0 Å². The Morgan fingerprint density at radius 1 is 0.950 bits per heavy atom. The molecule has 0 heterocycles. The molecule has 0 amide bonds. The summed E-state index contributed by atoms with van der Waals surface area (Å²) in [7, 11) is 0. The zero-order valence-electron chi connectivity index (χ0n) is 14.0. The van der Waals surface area contributed by atoms with Crippen molar-refractivity contribution < 1.29 is 0 Å². The van der Waals surface area contributed by atoms with Gasteiger partial charge in [-0.3, -0.25) is 0 Å². The van der Waals surface area contributed by atoms with E-state index in [1.54, 1.807) is 0 Å². The molecule has 20 heavy (non-hydrogen) atoms. The molecule has 0 heteroatoms. The molecule has 0 aromatic carbocycles. The van der Waals surface area contributed by atoms with E-state index in [9.17, 15) is 0 Å². The third-order valence-corrected chi connectivity index (χ3v) is 3.42. The summed E-state index contributed by atoms with van der Waals surface area (Å²) in [5.74, 6) is 0.508. The van der Waals surface area contributed by atoms with Crippen molar-refractivity contribution in [2.45, 2.75) is 48.0 Å². The van der Waals surface area contributed by atoms with Crippen LogP contribution in [0.3, 0.4) is 0 Å². The van der Waals surface area contributed by atoms with Gasteiger partial charge >= 0.3 is 0 Å². The van der Waals surface area contributed by atoms with Crippen molar-refractivity contribution in [3.63, 3.8) is 0 Å². The van der Waals surface area contributed by atoms with Crippen molar-refractivity contribution >= 4 is 0 Å². The zero-order valence-corrected chi connectivity index (χ0v) is 14.0. The number of allylic oxidation sites excluding steroid dienone is 12. The van der Waals surface area contributed by atoms with Crippen LogP contribution in [0.2, 0.25) is 0 Å². The van der Waals surface area contributed by atoms with Crippen LogP contribution in [0.25, 0.3) is 0 Å². The quantitative estimate of drug-likeness (QED) is 0.363. The highest BCUT2D eigenvalue weighted by Crippen LogP contribution is 2.16. The van der Waals surface area contributed by atoms with Crippen molar-refractivity contribution in [1.82, 2.24) is 0 Å². The van der Waals surface area contributed by atoms with Crippen LogP contribution in [0.15, 0.2) is 71.4 Å². The van der Waals surface area contributed by atoms with Crippen molar-refractivity contribution in [2.75, 3.05) is 0 Å². The Kier molecular flexibility index (Phi) is 10.4. The minimum Gasteiger partial charge on any atom is -0.0882 e. The second-order valence-electron chi connectivity index (χ2n) is 5.14. The maximum Gasteiger partial charge on any atom is -0.00513 e. The molecule has 0 N–H and O–H groups in total. The van der Waals surface area contributed by atoms with Gasteiger partial charge in [0.15, 0.2) is 0 Å². The van der Waals surface area contributed by atoms with Crippen LogP contribution in [-0.2, 0) is 0 Å². The predicted octanol–water partition coefficient (Wildman–Crippen LogP) is 6.56. The lowest BCUT2D eigenvalue weighted by molar-refractivity contribution is 0.857. The average Bonchev–Trinajstić information content (AvgIpc) is 2.46. The first-order chi connectivity index (χ1) is 9.54. The largest absolute Gasteiger partial charge is 0.0882 e. The Morgan fingerprint density at radius 2 is 1.65 bits per heavy atom. The highest BCUT2D eigenvalue weighted by atomic mass is 14.0. The molecule has 0 spiro atoms.